The third-order valence-corrected chi connectivity index (χ3v) is 9.13. The molecule has 1 heterocycles. The number of aliphatic carboxylic acids is 1. The number of carboxylic acid groups (broad SMARTS) is 1. The van der Waals surface area contributed by atoms with Crippen molar-refractivity contribution in [3.05, 3.63) is 75.3 Å². The highest BCUT2D eigenvalue weighted by atomic mass is 35.5. The summed E-state index contributed by atoms with van der Waals surface area (Å²) < 4.78 is 33.7. The molecule has 0 bridgehead atoms. The van der Waals surface area contributed by atoms with Crippen LogP contribution in [0.2, 0.25) is 10.0 Å². The van der Waals surface area contributed by atoms with E-state index in [-0.39, 0.29) is 29.8 Å². The molecule has 3 aromatic carbocycles. The van der Waals surface area contributed by atoms with Gasteiger partial charge in [-0.2, -0.15) is 0 Å². The molecular weight excluding hydrogens is 638 g/mol. The number of nitrogens with one attached hydrogen (secondary N) is 1. The van der Waals surface area contributed by atoms with Crippen molar-refractivity contribution in [1.82, 2.24) is 10.2 Å². The van der Waals surface area contributed by atoms with Gasteiger partial charge >= 0.3 is 5.97 Å². The molecule has 1 aliphatic carbocycles. The highest BCUT2D eigenvalue weighted by Gasteiger charge is 2.37. The zero-order chi connectivity index (χ0) is 33.0. The lowest BCUT2D eigenvalue weighted by atomic mass is 9.96. The fourth-order valence-corrected chi connectivity index (χ4v) is 6.24. The number of rotatable bonds is 15. The summed E-state index contributed by atoms with van der Waals surface area (Å²) in [6, 6.07) is 14.3. The Hall–Kier alpha value is -3.12. The van der Waals surface area contributed by atoms with Crippen molar-refractivity contribution >= 4 is 29.2 Å². The Morgan fingerprint density at radius 1 is 1.09 bits per heavy atom. The summed E-state index contributed by atoms with van der Waals surface area (Å²) in [6.45, 7) is 5.63. The van der Waals surface area contributed by atoms with Crippen LogP contribution in [-0.2, 0) is 17.8 Å². The van der Waals surface area contributed by atoms with Gasteiger partial charge in [-0.05, 0) is 49.1 Å². The molecule has 1 saturated heterocycles. The number of benzene rings is 3. The quantitative estimate of drug-likeness (QED) is 0.156. The second kappa shape index (κ2) is 14.8. The number of likely N-dealkylation sites (tertiary alicyclic amines) is 1. The Bertz CT molecular complexity index is 1550. The van der Waals surface area contributed by atoms with E-state index in [0.717, 1.165) is 29.7 Å². The molecule has 0 amide bonds. The highest BCUT2D eigenvalue weighted by molar-refractivity contribution is 6.35. The van der Waals surface area contributed by atoms with E-state index in [0.29, 0.717) is 54.0 Å². The first-order chi connectivity index (χ1) is 22.0. The van der Waals surface area contributed by atoms with Crippen molar-refractivity contribution in [2.75, 3.05) is 39.5 Å². The molecule has 4 N–H and O–H groups in total. The largest absolute Gasteiger partial charge is 0.493 e. The Labute approximate surface area is 277 Å². The monoisotopic (exact) mass is 676 g/mol. The van der Waals surface area contributed by atoms with Gasteiger partial charge in [0.1, 0.15) is 29.0 Å². The van der Waals surface area contributed by atoms with Gasteiger partial charge in [-0.1, -0.05) is 53.5 Å². The van der Waals surface area contributed by atoms with Crippen LogP contribution in [0.4, 0.5) is 4.39 Å². The van der Waals surface area contributed by atoms with Crippen LogP contribution in [0.3, 0.4) is 0 Å². The van der Waals surface area contributed by atoms with E-state index in [4.69, 9.17) is 37.4 Å². The van der Waals surface area contributed by atoms with E-state index in [1.54, 1.807) is 19.1 Å². The zero-order valence-electron chi connectivity index (χ0n) is 25.8. The summed E-state index contributed by atoms with van der Waals surface area (Å²) in [4.78, 5) is 13.8. The highest BCUT2D eigenvalue weighted by Crippen LogP contribution is 2.46. The SMILES string of the molecule is CCOc1cc(O[C@@H]2c3cccc(-c4cccc(OCCCN5CC(O)C5)c4Cl)c3C[C@@H]2F)c(Cl)cc1CNC(C)(CO)C(=O)O. The molecule has 12 heteroatoms. The molecule has 9 nitrogen and oxygen atoms in total. The molecule has 0 radical (unpaired) electrons. The average Bonchev–Trinajstić information content (AvgIpc) is 3.34. The van der Waals surface area contributed by atoms with Crippen molar-refractivity contribution in [1.29, 1.82) is 0 Å². The van der Waals surface area contributed by atoms with E-state index in [2.05, 4.69) is 10.2 Å². The summed E-state index contributed by atoms with van der Waals surface area (Å²) in [5.41, 5.74) is 2.00. The number of β-amino-alcohol motifs (C(OH)–C–C–N with tert-alkyl or cyclic N) is 1. The third kappa shape index (κ3) is 7.38. The summed E-state index contributed by atoms with van der Waals surface area (Å²) in [7, 11) is 0. The van der Waals surface area contributed by atoms with Gasteiger partial charge in [0.2, 0.25) is 0 Å². The van der Waals surface area contributed by atoms with Crippen molar-refractivity contribution in [2.45, 2.75) is 57.2 Å². The smallest absolute Gasteiger partial charge is 0.326 e. The molecule has 1 unspecified atom stereocenters. The average molecular weight is 678 g/mol. The fraction of sp³-hybridized carbons (Fsp3) is 0.441. The first-order valence-corrected chi connectivity index (χ1v) is 16.1. The number of carbonyl (C=O) groups is 1. The Balaban J connectivity index is 1.34. The van der Waals surface area contributed by atoms with Crippen LogP contribution in [0.1, 0.15) is 43.1 Å². The van der Waals surface area contributed by atoms with Gasteiger partial charge in [-0.25, -0.2) is 4.39 Å². The first kappa shape index (κ1) is 34.2. The number of carboxylic acids is 1. The molecular formula is C34H39Cl2FN2O7. The van der Waals surface area contributed by atoms with Gasteiger partial charge in [0, 0.05) is 49.8 Å². The molecule has 248 valence electrons. The molecule has 0 aromatic heterocycles. The predicted molar refractivity (Wildman–Crippen MR) is 174 cm³/mol. The van der Waals surface area contributed by atoms with Gasteiger partial charge in [-0.3, -0.25) is 15.0 Å². The number of ether oxygens (including phenoxy) is 3. The minimum absolute atomic E-state index is 0.0478. The number of alkyl halides is 1. The Morgan fingerprint density at radius 2 is 1.83 bits per heavy atom. The van der Waals surface area contributed by atoms with Crippen molar-refractivity contribution < 1.29 is 38.7 Å². The van der Waals surface area contributed by atoms with Crippen molar-refractivity contribution in [3.8, 4) is 28.4 Å². The normalized spacial score (nSPS) is 19.3. The second-order valence-electron chi connectivity index (χ2n) is 11.8. The van der Waals surface area contributed by atoms with Crippen LogP contribution in [0.15, 0.2) is 48.5 Å². The summed E-state index contributed by atoms with van der Waals surface area (Å²) in [5, 5.41) is 32.0. The molecule has 1 aliphatic heterocycles. The van der Waals surface area contributed by atoms with E-state index in [9.17, 15) is 20.1 Å². The molecule has 3 atom stereocenters. The first-order valence-electron chi connectivity index (χ1n) is 15.3. The lowest BCUT2D eigenvalue weighted by Gasteiger charge is -2.35. The van der Waals surface area contributed by atoms with Gasteiger partial charge in [0.25, 0.3) is 0 Å². The molecule has 0 saturated carbocycles. The maximum Gasteiger partial charge on any atom is 0.326 e. The van der Waals surface area contributed by atoms with Crippen LogP contribution in [0.5, 0.6) is 17.2 Å². The number of nitrogens with zero attached hydrogens (tertiary/aromatic N) is 1. The summed E-state index contributed by atoms with van der Waals surface area (Å²) in [5.74, 6) is -0.0271. The number of hydrogen-bond donors (Lipinski definition) is 4. The number of fused-ring (bicyclic) bond motifs is 1. The lowest BCUT2D eigenvalue weighted by molar-refractivity contribution is -0.145. The zero-order valence-corrected chi connectivity index (χ0v) is 27.3. The Morgan fingerprint density at radius 3 is 2.52 bits per heavy atom. The van der Waals surface area contributed by atoms with Crippen LogP contribution in [-0.4, -0.2) is 83.5 Å². The molecule has 5 rings (SSSR count). The van der Waals surface area contributed by atoms with Crippen molar-refractivity contribution in [3.63, 3.8) is 0 Å². The number of hydrogen-bond acceptors (Lipinski definition) is 8. The fourth-order valence-electron chi connectivity index (χ4n) is 5.73. The van der Waals surface area contributed by atoms with Gasteiger partial charge < -0.3 is 29.5 Å². The number of aliphatic hydroxyl groups is 2. The third-order valence-electron chi connectivity index (χ3n) is 8.44. The molecule has 1 fully saturated rings. The van der Waals surface area contributed by atoms with Crippen LogP contribution in [0, 0.1) is 0 Å². The minimum Gasteiger partial charge on any atom is -0.493 e. The molecule has 3 aromatic rings. The van der Waals surface area contributed by atoms with E-state index in [1.165, 1.54) is 6.92 Å². The number of aliphatic hydroxyl groups excluding tert-OH is 2. The van der Waals surface area contributed by atoms with Gasteiger partial charge in [0.05, 0.1) is 36.0 Å². The maximum absolute atomic E-state index is 15.7. The lowest BCUT2D eigenvalue weighted by Crippen LogP contribution is -2.52. The maximum atomic E-state index is 15.7. The van der Waals surface area contributed by atoms with E-state index < -0.39 is 30.4 Å². The van der Waals surface area contributed by atoms with Gasteiger partial charge in [-0.15, -0.1) is 0 Å². The predicted octanol–water partition coefficient (Wildman–Crippen LogP) is 5.44. The molecule has 2 aliphatic rings. The molecule has 46 heavy (non-hydrogen) atoms. The van der Waals surface area contributed by atoms with Crippen LogP contribution in [0.25, 0.3) is 11.1 Å². The summed E-state index contributed by atoms with van der Waals surface area (Å²) in [6.07, 6.45) is -1.61. The Kier molecular flexibility index (Phi) is 11.0. The topological polar surface area (TPSA) is 121 Å². The van der Waals surface area contributed by atoms with E-state index >= 15 is 4.39 Å². The minimum atomic E-state index is -1.56. The summed E-state index contributed by atoms with van der Waals surface area (Å²) >= 11 is 13.4. The van der Waals surface area contributed by atoms with E-state index in [1.807, 2.05) is 36.4 Å². The van der Waals surface area contributed by atoms with Gasteiger partial charge in [0.15, 0.2) is 6.10 Å². The molecule has 0 spiro atoms. The standard InChI is InChI=1S/C34H39Cl2FN2O7/c1-3-44-29-15-30(26(35)13-20(29)16-38-34(2,19-40)33(42)43)46-32-24-9-4-7-22(25(24)14-27(32)37)23-8-5-10-28(31(23)36)45-12-6-11-39-17-21(41)18-39/h4-5,7-10,13,15,21,27,32,38,40-41H,3,6,11-12,14,16-19H2,1-2H3,(H,42,43)/t27-,32+,34?/m0/s1. The number of halogens is 3. The van der Waals surface area contributed by atoms with Crippen molar-refractivity contribution in [2.24, 2.45) is 0 Å². The second-order valence-corrected chi connectivity index (χ2v) is 12.6. The van der Waals surface area contributed by atoms with Crippen LogP contribution >= 0.6 is 23.2 Å². The van der Waals surface area contributed by atoms with Crippen LogP contribution < -0.4 is 19.5 Å².